The zero-order valence-corrected chi connectivity index (χ0v) is 23.0. The van der Waals surface area contributed by atoms with Gasteiger partial charge in [0.2, 0.25) is 5.91 Å². The molecule has 0 aromatic heterocycles. The van der Waals surface area contributed by atoms with Crippen molar-refractivity contribution in [3.8, 4) is 0 Å². The number of carbonyl (C=O) groups excluding carboxylic acids is 1. The zero-order valence-electron chi connectivity index (χ0n) is 23.0. The van der Waals surface area contributed by atoms with Gasteiger partial charge in [-0.1, -0.05) is 108 Å². The summed E-state index contributed by atoms with van der Waals surface area (Å²) in [5.41, 5.74) is 3.33. The van der Waals surface area contributed by atoms with Crippen molar-refractivity contribution in [2.45, 2.75) is 104 Å². The van der Waals surface area contributed by atoms with Crippen LogP contribution in [0, 0.1) is 5.92 Å². The monoisotopic (exact) mass is 485 g/mol. The molecular formula is C30H51N3O2. The fraction of sp³-hybridized carbons (Fsp3) is 0.667. The quantitative estimate of drug-likeness (QED) is 0.0840. The van der Waals surface area contributed by atoms with Gasteiger partial charge in [-0.3, -0.25) is 4.79 Å². The lowest BCUT2D eigenvalue weighted by molar-refractivity contribution is -0.121. The van der Waals surface area contributed by atoms with Gasteiger partial charge in [0.1, 0.15) is 5.76 Å². The molecule has 2 N–H and O–H groups in total. The summed E-state index contributed by atoms with van der Waals surface area (Å²) in [6.07, 6.45) is 15.5. The lowest BCUT2D eigenvalue weighted by atomic mass is 9.97. The molecule has 0 unspecified atom stereocenters. The normalized spacial score (nSPS) is 11.6. The Morgan fingerprint density at radius 2 is 1.57 bits per heavy atom. The molecule has 0 fully saturated rings. The number of hydrogen-bond donors (Lipinski definition) is 2. The zero-order chi connectivity index (χ0) is 25.7. The fourth-order valence-corrected chi connectivity index (χ4v) is 3.99. The highest BCUT2D eigenvalue weighted by Crippen LogP contribution is 2.15. The first-order valence-electron chi connectivity index (χ1n) is 13.9. The van der Waals surface area contributed by atoms with Gasteiger partial charge in [-0.15, -0.1) is 0 Å². The molecule has 0 saturated heterocycles. The van der Waals surface area contributed by atoms with E-state index in [9.17, 15) is 4.79 Å². The number of unbranched alkanes of at least 4 members (excludes halogenated alkanes) is 9. The molecule has 0 aliphatic rings. The van der Waals surface area contributed by atoms with Crippen LogP contribution in [0.25, 0.3) is 0 Å². The Morgan fingerprint density at radius 1 is 0.943 bits per heavy atom. The number of amides is 1. The standard InChI is InChI=1S/C30H51N3O2/c1-6-7-8-9-10-11-12-14-17-27-19-21-28(22-20-27)30(25(2)3)33-35-26(4)24-32-29(34)18-15-13-16-23-31-5/h19-22,25,31H,4,6-18,23-24H2,1-3,5H3,(H,32,34)/b33-30+. The molecular weight excluding hydrogens is 434 g/mol. The number of aryl methyl sites for hydroxylation is 1. The maximum atomic E-state index is 12.0. The van der Waals surface area contributed by atoms with E-state index in [1.807, 2.05) is 7.05 Å². The molecule has 0 atom stereocenters. The Hall–Kier alpha value is -2.14. The van der Waals surface area contributed by atoms with E-state index >= 15 is 0 Å². The summed E-state index contributed by atoms with van der Waals surface area (Å²) >= 11 is 0. The van der Waals surface area contributed by atoms with Gasteiger partial charge in [-0.25, -0.2) is 0 Å². The maximum absolute atomic E-state index is 12.0. The van der Waals surface area contributed by atoms with Crippen molar-refractivity contribution >= 4 is 11.6 Å². The van der Waals surface area contributed by atoms with E-state index < -0.39 is 0 Å². The molecule has 0 spiro atoms. The molecule has 0 bridgehead atoms. The van der Waals surface area contributed by atoms with E-state index in [2.05, 4.69) is 67.4 Å². The van der Waals surface area contributed by atoms with Crippen LogP contribution in [0.3, 0.4) is 0 Å². The summed E-state index contributed by atoms with van der Waals surface area (Å²) in [6, 6.07) is 8.70. The molecule has 0 radical (unpaired) electrons. The Kier molecular flexibility index (Phi) is 17.7. The minimum Gasteiger partial charge on any atom is -0.360 e. The number of oxime groups is 1. The molecule has 1 aromatic rings. The van der Waals surface area contributed by atoms with E-state index in [4.69, 9.17) is 4.84 Å². The van der Waals surface area contributed by atoms with Crippen LogP contribution in [0.2, 0.25) is 0 Å². The van der Waals surface area contributed by atoms with Crippen molar-refractivity contribution in [3.63, 3.8) is 0 Å². The molecule has 198 valence electrons. The molecule has 0 heterocycles. The Labute approximate surface area is 215 Å². The summed E-state index contributed by atoms with van der Waals surface area (Å²) in [5, 5.41) is 10.4. The van der Waals surface area contributed by atoms with Crippen molar-refractivity contribution in [1.82, 2.24) is 10.6 Å². The average Bonchev–Trinajstić information content (AvgIpc) is 2.85. The predicted molar refractivity (Wildman–Crippen MR) is 150 cm³/mol. The van der Waals surface area contributed by atoms with Gasteiger partial charge < -0.3 is 15.5 Å². The third kappa shape index (κ3) is 15.5. The largest absolute Gasteiger partial charge is 0.360 e. The van der Waals surface area contributed by atoms with E-state index in [0.29, 0.717) is 12.2 Å². The van der Waals surface area contributed by atoms with Crippen molar-refractivity contribution in [1.29, 1.82) is 0 Å². The summed E-state index contributed by atoms with van der Waals surface area (Å²) in [6.45, 7) is 11.7. The summed E-state index contributed by atoms with van der Waals surface area (Å²) in [7, 11) is 1.94. The third-order valence-electron chi connectivity index (χ3n) is 6.20. The van der Waals surface area contributed by atoms with Crippen LogP contribution in [-0.2, 0) is 16.1 Å². The molecule has 5 heteroatoms. The smallest absolute Gasteiger partial charge is 0.220 e. The lowest BCUT2D eigenvalue weighted by Gasteiger charge is -2.12. The molecule has 1 amide bonds. The van der Waals surface area contributed by atoms with Crippen molar-refractivity contribution in [2.75, 3.05) is 20.1 Å². The molecule has 35 heavy (non-hydrogen) atoms. The second-order valence-electron chi connectivity index (χ2n) is 9.87. The highest BCUT2D eigenvalue weighted by atomic mass is 16.6. The predicted octanol–water partition coefficient (Wildman–Crippen LogP) is 7.16. The first-order valence-corrected chi connectivity index (χ1v) is 13.9. The van der Waals surface area contributed by atoms with Gasteiger partial charge in [0.05, 0.1) is 12.3 Å². The highest BCUT2D eigenvalue weighted by molar-refractivity contribution is 6.01. The van der Waals surface area contributed by atoms with Crippen molar-refractivity contribution < 1.29 is 9.63 Å². The third-order valence-corrected chi connectivity index (χ3v) is 6.20. The van der Waals surface area contributed by atoms with Crippen molar-refractivity contribution in [3.05, 3.63) is 47.7 Å². The molecule has 0 aliphatic heterocycles. The number of rotatable bonds is 21. The second-order valence-corrected chi connectivity index (χ2v) is 9.87. The van der Waals surface area contributed by atoms with Gasteiger partial charge in [0.15, 0.2) is 0 Å². The van der Waals surface area contributed by atoms with Crippen LogP contribution < -0.4 is 10.6 Å². The Bertz CT molecular complexity index is 726. The highest BCUT2D eigenvalue weighted by Gasteiger charge is 2.11. The maximum Gasteiger partial charge on any atom is 0.220 e. The number of hydrogen-bond acceptors (Lipinski definition) is 4. The Balaban J connectivity index is 2.39. The summed E-state index contributed by atoms with van der Waals surface area (Å²) < 4.78 is 0. The van der Waals surface area contributed by atoms with Gasteiger partial charge in [-0.05, 0) is 56.3 Å². The number of nitrogens with zero attached hydrogens (tertiary/aromatic N) is 1. The fourth-order valence-electron chi connectivity index (χ4n) is 3.99. The van der Waals surface area contributed by atoms with E-state index in [1.165, 1.54) is 56.9 Å². The number of benzene rings is 1. The van der Waals surface area contributed by atoms with Crippen LogP contribution in [-0.4, -0.2) is 31.8 Å². The Morgan fingerprint density at radius 3 is 2.20 bits per heavy atom. The molecule has 5 nitrogen and oxygen atoms in total. The van der Waals surface area contributed by atoms with Gasteiger partial charge in [0, 0.05) is 6.42 Å². The molecule has 0 aliphatic carbocycles. The van der Waals surface area contributed by atoms with Crippen LogP contribution in [0.5, 0.6) is 0 Å². The molecule has 1 aromatic carbocycles. The first kappa shape index (κ1) is 30.9. The van der Waals surface area contributed by atoms with Crippen LogP contribution in [0.4, 0.5) is 0 Å². The molecule has 1 rings (SSSR count). The minimum atomic E-state index is 0.0272. The topological polar surface area (TPSA) is 62.7 Å². The summed E-state index contributed by atoms with van der Waals surface area (Å²) in [4.78, 5) is 17.5. The minimum absolute atomic E-state index is 0.0272. The van der Waals surface area contributed by atoms with E-state index in [-0.39, 0.29) is 18.4 Å². The van der Waals surface area contributed by atoms with Gasteiger partial charge >= 0.3 is 0 Å². The average molecular weight is 486 g/mol. The number of carbonyl (C=O) groups is 1. The van der Waals surface area contributed by atoms with E-state index in [1.54, 1.807) is 0 Å². The van der Waals surface area contributed by atoms with Crippen LogP contribution in [0.15, 0.2) is 41.8 Å². The second kappa shape index (κ2) is 20.1. The lowest BCUT2D eigenvalue weighted by Crippen LogP contribution is -2.25. The number of nitrogens with one attached hydrogen (secondary N) is 2. The van der Waals surface area contributed by atoms with Crippen LogP contribution >= 0.6 is 0 Å². The van der Waals surface area contributed by atoms with Crippen LogP contribution in [0.1, 0.15) is 109 Å². The van der Waals surface area contributed by atoms with Gasteiger partial charge in [-0.2, -0.15) is 0 Å². The van der Waals surface area contributed by atoms with Crippen molar-refractivity contribution in [2.24, 2.45) is 11.1 Å². The molecule has 0 saturated carbocycles. The van der Waals surface area contributed by atoms with E-state index in [0.717, 1.165) is 43.5 Å². The van der Waals surface area contributed by atoms with Gasteiger partial charge in [0.25, 0.3) is 0 Å². The summed E-state index contributed by atoms with van der Waals surface area (Å²) in [5.74, 6) is 0.686. The first-order chi connectivity index (χ1) is 17.0. The SMILES string of the molecule is C=C(CNC(=O)CCCCCNC)O/N=C(/c1ccc(CCCCCCCCCC)cc1)C(C)C.